The van der Waals surface area contributed by atoms with Gasteiger partial charge in [-0.25, -0.2) is 0 Å². The molecule has 0 saturated heterocycles. The maximum atomic E-state index is 12.4. The fourth-order valence-corrected chi connectivity index (χ4v) is 3.04. The number of nitrogens with zero attached hydrogens (tertiary/aromatic N) is 1. The Labute approximate surface area is 151 Å². The average Bonchev–Trinajstić information content (AvgIpc) is 2.61. The van der Waals surface area contributed by atoms with Crippen LogP contribution in [-0.2, 0) is 17.8 Å². The van der Waals surface area contributed by atoms with Gasteiger partial charge >= 0.3 is 0 Å². The lowest BCUT2D eigenvalue weighted by atomic mass is 9.99. The van der Waals surface area contributed by atoms with Crippen molar-refractivity contribution in [2.24, 2.45) is 0 Å². The Kier molecular flexibility index (Phi) is 5.12. The number of halogens is 2. The van der Waals surface area contributed by atoms with Crippen molar-refractivity contribution in [3.63, 3.8) is 0 Å². The topological polar surface area (TPSA) is 29.5 Å². The minimum absolute atomic E-state index is 0.0189. The van der Waals surface area contributed by atoms with Crippen LogP contribution < -0.4 is 4.74 Å². The predicted octanol–water partition coefficient (Wildman–Crippen LogP) is 4.60. The third-order valence-corrected chi connectivity index (χ3v) is 4.84. The zero-order valence-corrected chi connectivity index (χ0v) is 14.8. The summed E-state index contributed by atoms with van der Waals surface area (Å²) in [6.45, 7) is 1.31. The summed E-state index contributed by atoms with van der Waals surface area (Å²) in [6, 6.07) is 11.3. The summed E-state index contributed by atoms with van der Waals surface area (Å²) in [6.07, 6.45) is 4.18. The number of methoxy groups -OCH3 is 1. The smallest absolute Gasteiger partial charge is 0.246 e. The molecule has 0 atom stereocenters. The number of amides is 1. The first-order valence-electron chi connectivity index (χ1n) is 7.64. The van der Waals surface area contributed by atoms with Crippen molar-refractivity contribution in [3.8, 4) is 5.75 Å². The molecule has 2 aromatic carbocycles. The van der Waals surface area contributed by atoms with Crippen LogP contribution in [0.2, 0.25) is 10.0 Å². The lowest BCUT2D eigenvalue weighted by Crippen LogP contribution is -2.34. The third-order valence-electron chi connectivity index (χ3n) is 4.10. The van der Waals surface area contributed by atoms with E-state index in [0.717, 1.165) is 23.3 Å². The van der Waals surface area contributed by atoms with E-state index in [9.17, 15) is 4.79 Å². The molecule has 0 bridgehead atoms. The molecule has 0 unspecified atom stereocenters. The summed E-state index contributed by atoms with van der Waals surface area (Å²) < 4.78 is 5.26. The van der Waals surface area contributed by atoms with Gasteiger partial charge in [0, 0.05) is 19.2 Å². The minimum atomic E-state index is -0.0189. The highest BCUT2D eigenvalue weighted by Gasteiger charge is 2.19. The Morgan fingerprint density at radius 3 is 2.71 bits per heavy atom. The van der Waals surface area contributed by atoms with Crippen molar-refractivity contribution in [1.29, 1.82) is 0 Å². The van der Waals surface area contributed by atoms with Gasteiger partial charge in [0.1, 0.15) is 5.75 Å². The second-order valence-electron chi connectivity index (χ2n) is 5.65. The van der Waals surface area contributed by atoms with E-state index in [1.54, 1.807) is 31.4 Å². The molecule has 1 aliphatic rings. The van der Waals surface area contributed by atoms with Crippen LogP contribution in [0.5, 0.6) is 5.75 Å². The van der Waals surface area contributed by atoms with Crippen LogP contribution in [0.15, 0.2) is 42.5 Å². The van der Waals surface area contributed by atoms with Crippen LogP contribution in [0.3, 0.4) is 0 Å². The van der Waals surface area contributed by atoms with Crippen molar-refractivity contribution in [2.45, 2.75) is 13.0 Å². The lowest BCUT2D eigenvalue weighted by Gasteiger charge is -2.28. The van der Waals surface area contributed by atoms with Gasteiger partial charge in [-0.2, -0.15) is 0 Å². The van der Waals surface area contributed by atoms with E-state index >= 15 is 0 Å². The van der Waals surface area contributed by atoms with Crippen LogP contribution >= 0.6 is 23.2 Å². The summed E-state index contributed by atoms with van der Waals surface area (Å²) in [5.41, 5.74) is 3.25. The molecule has 5 heteroatoms. The fourth-order valence-electron chi connectivity index (χ4n) is 2.74. The number of carbonyl (C=O) groups is 1. The van der Waals surface area contributed by atoms with Gasteiger partial charge in [-0.1, -0.05) is 35.3 Å². The minimum Gasteiger partial charge on any atom is -0.497 e. The van der Waals surface area contributed by atoms with Crippen LogP contribution in [0.1, 0.15) is 16.7 Å². The number of fused-ring (bicyclic) bond motifs is 1. The molecule has 124 valence electrons. The SMILES string of the molecule is COc1ccc2c(c1)CN(C(=O)/C=C/c1ccc(Cl)c(Cl)c1)CC2. The first kappa shape index (κ1) is 16.9. The van der Waals surface area contributed by atoms with E-state index < -0.39 is 0 Å². The van der Waals surface area contributed by atoms with Gasteiger partial charge in [0.05, 0.1) is 17.2 Å². The second kappa shape index (κ2) is 7.29. The van der Waals surface area contributed by atoms with E-state index in [1.807, 2.05) is 23.1 Å². The van der Waals surface area contributed by atoms with Gasteiger partial charge in [-0.15, -0.1) is 0 Å². The highest BCUT2D eigenvalue weighted by atomic mass is 35.5. The molecule has 2 aromatic rings. The van der Waals surface area contributed by atoms with Crippen molar-refractivity contribution < 1.29 is 9.53 Å². The molecule has 3 nitrogen and oxygen atoms in total. The van der Waals surface area contributed by atoms with Crippen LogP contribution in [0, 0.1) is 0 Å². The van der Waals surface area contributed by atoms with E-state index in [0.29, 0.717) is 23.1 Å². The molecule has 0 spiro atoms. The number of hydrogen-bond donors (Lipinski definition) is 0. The fraction of sp³-hybridized carbons (Fsp3) is 0.211. The van der Waals surface area contributed by atoms with Gasteiger partial charge in [0.2, 0.25) is 5.91 Å². The highest BCUT2D eigenvalue weighted by molar-refractivity contribution is 6.42. The van der Waals surface area contributed by atoms with Gasteiger partial charge in [-0.3, -0.25) is 4.79 Å². The molecule has 0 N–H and O–H groups in total. The third kappa shape index (κ3) is 3.74. The average molecular weight is 362 g/mol. The largest absolute Gasteiger partial charge is 0.497 e. The van der Waals surface area contributed by atoms with E-state index in [-0.39, 0.29) is 5.91 Å². The second-order valence-corrected chi connectivity index (χ2v) is 6.47. The zero-order valence-electron chi connectivity index (χ0n) is 13.3. The molecule has 0 aliphatic carbocycles. The number of hydrogen-bond acceptors (Lipinski definition) is 2. The molecule has 24 heavy (non-hydrogen) atoms. The number of rotatable bonds is 3. The molecule has 0 aromatic heterocycles. The number of benzene rings is 2. The Morgan fingerprint density at radius 2 is 1.96 bits per heavy atom. The number of ether oxygens (including phenoxy) is 1. The first-order valence-corrected chi connectivity index (χ1v) is 8.40. The highest BCUT2D eigenvalue weighted by Crippen LogP contribution is 2.25. The standard InChI is InChI=1S/C19H17Cl2NO2/c1-24-16-5-4-14-8-9-22(12-15(14)11-16)19(23)7-3-13-2-6-17(20)18(21)10-13/h2-7,10-11H,8-9,12H2,1H3/b7-3+. The van der Waals surface area contributed by atoms with E-state index in [2.05, 4.69) is 6.07 Å². The van der Waals surface area contributed by atoms with Gasteiger partial charge in [0.25, 0.3) is 0 Å². The van der Waals surface area contributed by atoms with Crippen molar-refractivity contribution in [2.75, 3.05) is 13.7 Å². The zero-order chi connectivity index (χ0) is 17.1. The molecule has 1 aliphatic heterocycles. The molecular formula is C19H17Cl2NO2. The van der Waals surface area contributed by atoms with Crippen LogP contribution in [-0.4, -0.2) is 24.5 Å². The Morgan fingerprint density at radius 1 is 1.12 bits per heavy atom. The summed E-state index contributed by atoms with van der Waals surface area (Å²) in [5.74, 6) is 0.795. The van der Waals surface area contributed by atoms with Crippen LogP contribution in [0.25, 0.3) is 6.08 Å². The Hall–Kier alpha value is -1.97. The molecule has 0 radical (unpaired) electrons. The van der Waals surface area contributed by atoms with Crippen molar-refractivity contribution in [1.82, 2.24) is 4.90 Å². The molecule has 0 saturated carbocycles. The Balaban J connectivity index is 1.71. The molecular weight excluding hydrogens is 345 g/mol. The molecule has 3 rings (SSSR count). The molecule has 1 amide bonds. The summed E-state index contributed by atoms with van der Waals surface area (Å²) in [4.78, 5) is 14.3. The van der Waals surface area contributed by atoms with Crippen molar-refractivity contribution >= 4 is 35.2 Å². The quantitative estimate of drug-likeness (QED) is 0.747. The van der Waals surface area contributed by atoms with Crippen LogP contribution in [0.4, 0.5) is 0 Å². The summed E-state index contributed by atoms with van der Waals surface area (Å²) >= 11 is 11.9. The summed E-state index contributed by atoms with van der Waals surface area (Å²) in [7, 11) is 1.65. The maximum Gasteiger partial charge on any atom is 0.246 e. The van der Waals surface area contributed by atoms with Crippen molar-refractivity contribution in [3.05, 3.63) is 69.2 Å². The van der Waals surface area contributed by atoms with E-state index in [4.69, 9.17) is 27.9 Å². The Bertz CT molecular complexity index is 802. The molecule has 1 heterocycles. The van der Waals surface area contributed by atoms with Gasteiger partial charge in [-0.05, 0) is 53.5 Å². The maximum absolute atomic E-state index is 12.4. The number of carbonyl (C=O) groups excluding carboxylic acids is 1. The lowest BCUT2D eigenvalue weighted by molar-refractivity contribution is -0.126. The van der Waals surface area contributed by atoms with Gasteiger partial charge < -0.3 is 9.64 Å². The summed E-state index contributed by atoms with van der Waals surface area (Å²) in [5, 5.41) is 0.979. The monoisotopic (exact) mass is 361 g/mol. The van der Waals surface area contributed by atoms with E-state index in [1.165, 1.54) is 5.56 Å². The predicted molar refractivity (Wildman–Crippen MR) is 97.6 cm³/mol. The van der Waals surface area contributed by atoms with Gasteiger partial charge in [0.15, 0.2) is 0 Å². The molecule has 0 fully saturated rings. The normalized spacial score (nSPS) is 13.9. The first-order chi connectivity index (χ1) is 11.6.